The molecule has 0 aliphatic heterocycles. The molecule has 15 heavy (non-hydrogen) atoms. The molecule has 0 saturated carbocycles. The van der Waals surface area contributed by atoms with Crippen molar-refractivity contribution >= 4 is 5.82 Å². The highest BCUT2D eigenvalue weighted by Crippen LogP contribution is 1.99. The number of aromatic amines is 1. The lowest BCUT2D eigenvalue weighted by Crippen LogP contribution is -2.14. The van der Waals surface area contributed by atoms with Gasteiger partial charge in [-0.1, -0.05) is 6.92 Å². The van der Waals surface area contributed by atoms with Gasteiger partial charge in [0, 0.05) is 25.6 Å². The zero-order valence-electron chi connectivity index (χ0n) is 8.92. The molecule has 0 bridgehead atoms. The Morgan fingerprint density at radius 3 is 3.00 bits per heavy atom. The molecular formula is C10H17N3O2. The summed E-state index contributed by atoms with van der Waals surface area (Å²) in [4.78, 5) is 18.1. The van der Waals surface area contributed by atoms with E-state index >= 15 is 0 Å². The van der Waals surface area contributed by atoms with Gasteiger partial charge in [-0.15, -0.1) is 0 Å². The number of aryl methyl sites for hydroxylation is 1. The third-order valence-corrected chi connectivity index (χ3v) is 2.02. The number of aliphatic hydroxyl groups is 1. The predicted molar refractivity (Wildman–Crippen MR) is 59.0 cm³/mol. The molecule has 0 aromatic carbocycles. The number of rotatable bonds is 6. The molecule has 1 heterocycles. The summed E-state index contributed by atoms with van der Waals surface area (Å²) >= 11 is 0. The van der Waals surface area contributed by atoms with Crippen molar-refractivity contribution in [2.75, 3.05) is 18.5 Å². The van der Waals surface area contributed by atoms with Crippen LogP contribution in [0.1, 0.15) is 25.6 Å². The van der Waals surface area contributed by atoms with Gasteiger partial charge in [0.15, 0.2) is 0 Å². The zero-order chi connectivity index (χ0) is 11.1. The number of hydrogen-bond donors (Lipinski definition) is 3. The average Bonchev–Trinajstić information content (AvgIpc) is 2.23. The van der Waals surface area contributed by atoms with E-state index in [1.807, 2.05) is 6.92 Å². The lowest BCUT2D eigenvalue weighted by atomic mass is 10.3. The molecule has 0 unspecified atom stereocenters. The van der Waals surface area contributed by atoms with E-state index in [9.17, 15) is 4.79 Å². The van der Waals surface area contributed by atoms with Gasteiger partial charge in [0.25, 0.3) is 5.56 Å². The monoisotopic (exact) mass is 211 g/mol. The summed E-state index contributed by atoms with van der Waals surface area (Å²) in [5, 5.41) is 11.6. The van der Waals surface area contributed by atoms with Gasteiger partial charge in [0.1, 0.15) is 11.6 Å². The molecule has 0 aliphatic rings. The Morgan fingerprint density at radius 1 is 1.53 bits per heavy atom. The molecule has 0 amide bonds. The van der Waals surface area contributed by atoms with Crippen LogP contribution in [0, 0.1) is 0 Å². The standard InChI is InChI=1S/C10H17N3O2/c1-2-8-12-9(7-10(15)13-8)11-5-3-4-6-14/h7,14H,2-6H2,1H3,(H2,11,12,13,15). The summed E-state index contributed by atoms with van der Waals surface area (Å²) in [6.07, 6.45) is 2.34. The van der Waals surface area contributed by atoms with Crippen LogP contribution < -0.4 is 10.9 Å². The quantitative estimate of drug-likeness (QED) is 0.599. The number of hydrogen-bond acceptors (Lipinski definition) is 4. The van der Waals surface area contributed by atoms with Gasteiger partial charge in [-0.2, -0.15) is 0 Å². The summed E-state index contributed by atoms with van der Waals surface area (Å²) in [5.41, 5.74) is -0.133. The van der Waals surface area contributed by atoms with Crippen LogP contribution in [-0.4, -0.2) is 28.2 Å². The number of nitrogens with one attached hydrogen (secondary N) is 2. The second-order valence-corrected chi connectivity index (χ2v) is 3.29. The highest BCUT2D eigenvalue weighted by atomic mass is 16.2. The van der Waals surface area contributed by atoms with Gasteiger partial charge in [-0.3, -0.25) is 4.79 Å². The molecule has 0 aliphatic carbocycles. The van der Waals surface area contributed by atoms with Crippen molar-refractivity contribution in [3.05, 3.63) is 22.2 Å². The van der Waals surface area contributed by atoms with Gasteiger partial charge in [-0.05, 0) is 12.8 Å². The van der Waals surface area contributed by atoms with E-state index in [-0.39, 0.29) is 12.2 Å². The molecule has 3 N–H and O–H groups in total. The summed E-state index contributed by atoms with van der Waals surface area (Å²) < 4.78 is 0. The molecule has 1 rings (SSSR count). The molecule has 0 radical (unpaired) electrons. The third kappa shape index (κ3) is 4.12. The Morgan fingerprint density at radius 2 is 2.33 bits per heavy atom. The van der Waals surface area contributed by atoms with E-state index in [0.717, 1.165) is 19.4 Å². The van der Waals surface area contributed by atoms with Crippen LogP contribution in [-0.2, 0) is 6.42 Å². The number of aromatic nitrogens is 2. The number of anilines is 1. The van der Waals surface area contributed by atoms with E-state index in [4.69, 9.17) is 5.11 Å². The van der Waals surface area contributed by atoms with Gasteiger partial charge in [0.2, 0.25) is 0 Å². The Hall–Kier alpha value is -1.36. The van der Waals surface area contributed by atoms with Crippen LogP contribution in [0.5, 0.6) is 0 Å². The highest BCUT2D eigenvalue weighted by Gasteiger charge is 1.98. The van der Waals surface area contributed by atoms with Crippen molar-refractivity contribution in [2.45, 2.75) is 26.2 Å². The molecule has 5 heteroatoms. The fraction of sp³-hybridized carbons (Fsp3) is 0.600. The molecule has 0 saturated heterocycles. The van der Waals surface area contributed by atoms with Crippen LogP contribution in [0.3, 0.4) is 0 Å². The summed E-state index contributed by atoms with van der Waals surface area (Å²) in [5.74, 6) is 1.29. The molecule has 0 spiro atoms. The van der Waals surface area contributed by atoms with E-state index in [0.29, 0.717) is 18.1 Å². The number of H-pyrrole nitrogens is 1. The minimum absolute atomic E-state index is 0.133. The van der Waals surface area contributed by atoms with Crippen LogP contribution in [0.4, 0.5) is 5.82 Å². The lowest BCUT2D eigenvalue weighted by molar-refractivity contribution is 0.286. The van der Waals surface area contributed by atoms with Crippen LogP contribution >= 0.6 is 0 Å². The zero-order valence-corrected chi connectivity index (χ0v) is 8.92. The van der Waals surface area contributed by atoms with Crippen molar-refractivity contribution in [2.24, 2.45) is 0 Å². The van der Waals surface area contributed by atoms with E-state index in [2.05, 4.69) is 15.3 Å². The first-order valence-electron chi connectivity index (χ1n) is 5.21. The normalized spacial score (nSPS) is 10.3. The molecule has 5 nitrogen and oxygen atoms in total. The van der Waals surface area contributed by atoms with E-state index in [1.54, 1.807) is 0 Å². The summed E-state index contributed by atoms with van der Waals surface area (Å²) in [7, 11) is 0. The minimum atomic E-state index is -0.133. The molecule has 1 aromatic heterocycles. The molecule has 84 valence electrons. The van der Waals surface area contributed by atoms with Crippen molar-refractivity contribution in [3.8, 4) is 0 Å². The summed E-state index contributed by atoms with van der Waals surface area (Å²) in [6, 6.07) is 1.44. The third-order valence-electron chi connectivity index (χ3n) is 2.02. The van der Waals surface area contributed by atoms with Gasteiger partial charge >= 0.3 is 0 Å². The predicted octanol–water partition coefficient (Wildman–Crippen LogP) is 0.517. The van der Waals surface area contributed by atoms with Crippen LogP contribution in [0.2, 0.25) is 0 Å². The van der Waals surface area contributed by atoms with Crippen LogP contribution in [0.15, 0.2) is 10.9 Å². The number of unbranched alkanes of at least 4 members (excludes halogenated alkanes) is 1. The Labute approximate surface area is 88.6 Å². The fourth-order valence-electron chi connectivity index (χ4n) is 1.22. The highest BCUT2D eigenvalue weighted by molar-refractivity contribution is 5.32. The average molecular weight is 211 g/mol. The lowest BCUT2D eigenvalue weighted by Gasteiger charge is -2.05. The molecular weight excluding hydrogens is 194 g/mol. The Kier molecular flexibility index (Phi) is 4.83. The SMILES string of the molecule is CCc1nc(NCCCCO)cc(=O)[nH]1. The maximum Gasteiger partial charge on any atom is 0.252 e. The number of aliphatic hydroxyl groups excluding tert-OH is 1. The van der Waals surface area contributed by atoms with E-state index in [1.165, 1.54) is 6.07 Å². The second-order valence-electron chi connectivity index (χ2n) is 3.29. The smallest absolute Gasteiger partial charge is 0.252 e. The molecule has 0 fully saturated rings. The van der Waals surface area contributed by atoms with E-state index < -0.39 is 0 Å². The van der Waals surface area contributed by atoms with Gasteiger partial charge in [0.05, 0.1) is 0 Å². The Bertz CT molecular complexity index is 349. The van der Waals surface area contributed by atoms with Crippen molar-refractivity contribution in [1.29, 1.82) is 0 Å². The van der Waals surface area contributed by atoms with Crippen LogP contribution in [0.25, 0.3) is 0 Å². The Balaban J connectivity index is 2.53. The summed E-state index contributed by atoms with van der Waals surface area (Å²) in [6.45, 7) is 2.86. The van der Waals surface area contributed by atoms with Gasteiger partial charge in [-0.25, -0.2) is 4.98 Å². The second kappa shape index (κ2) is 6.19. The minimum Gasteiger partial charge on any atom is -0.396 e. The molecule has 1 aromatic rings. The van der Waals surface area contributed by atoms with Crippen molar-refractivity contribution in [1.82, 2.24) is 9.97 Å². The first-order valence-corrected chi connectivity index (χ1v) is 5.21. The first-order chi connectivity index (χ1) is 7.26. The maximum atomic E-state index is 11.2. The van der Waals surface area contributed by atoms with Gasteiger partial charge < -0.3 is 15.4 Å². The number of nitrogens with zero attached hydrogens (tertiary/aromatic N) is 1. The first kappa shape index (κ1) is 11.7. The van der Waals surface area contributed by atoms with Crippen molar-refractivity contribution in [3.63, 3.8) is 0 Å². The maximum absolute atomic E-state index is 11.2. The fourth-order valence-corrected chi connectivity index (χ4v) is 1.22. The molecule has 0 atom stereocenters. The largest absolute Gasteiger partial charge is 0.396 e. The topological polar surface area (TPSA) is 78.0 Å². The van der Waals surface area contributed by atoms with Crippen molar-refractivity contribution < 1.29 is 5.11 Å².